The summed E-state index contributed by atoms with van der Waals surface area (Å²) >= 11 is 0. The van der Waals surface area contributed by atoms with Gasteiger partial charge in [0.05, 0.1) is 6.42 Å². The first-order chi connectivity index (χ1) is 9.07. The van der Waals surface area contributed by atoms with Gasteiger partial charge < -0.3 is 5.11 Å². The summed E-state index contributed by atoms with van der Waals surface area (Å²) in [5, 5.41) is 9.27. The topological polar surface area (TPSA) is 37.3 Å². The summed E-state index contributed by atoms with van der Waals surface area (Å²) in [6, 6.07) is 6.47. The molecule has 0 heterocycles. The number of fused-ring (bicyclic) bond motifs is 2. The van der Waals surface area contributed by atoms with Gasteiger partial charge in [0.2, 0.25) is 0 Å². The molecule has 1 N–H and O–H groups in total. The van der Waals surface area contributed by atoms with Gasteiger partial charge >= 0.3 is 5.97 Å². The molecule has 2 fully saturated rings. The van der Waals surface area contributed by atoms with Crippen molar-refractivity contribution in [2.24, 2.45) is 11.8 Å². The number of rotatable bonds is 3. The van der Waals surface area contributed by atoms with Crippen LogP contribution in [0, 0.1) is 17.7 Å². The molecule has 2 unspecified atom stereocenters. The molecular formula is C16H19FO2. The third kappa shape index (κ3) is 2.38. The number of carbonyl (C=O) groups is 1. The lowest BCUT2D eigenvalue weighted by molar-refractivity contribution is -0.139. The lowest BCUT2D eigenvalue weighted by atomic mass is 9.63. The second-order valence-electron chi connectivity index (χ2n) is 6.31. The van der Waals surface area contributed by atoms with E-state index in [9.17, 15) is 14.3 Å². The molecule has 102 valence electrons. The molecule has 2 atom stereocenters. The highest BCUT2D eigenvalue weighted by molar-refractivity contribution is 5.69. The molecule has 3 heteroatoms. The number of halogens is 1. The van der Waals surface area contributed by atoms with Crippen molar-refractivity contribution in [3.05, 3.63) is 35.6 Å². The number of aliphatic carboxylic acids is 1. The maximum atomic E-state index is 13.1. The zero-order valence-corrected chi connectivity index (χ0v) is 10.9. The normalized spacial score (nSPS) is 33.3. The highest BCUT2D eigenvalue weighted by atomic mass is 19.1. The second kappa shape index (κ2) is 4.62. The molecular weight excluding hydrogens is 243 g/mol. The van der Waals surface area contributed by atoms with E-state index in [-0.39, 0.29) is 17.7 Å². The highest BCUT2D eigenvalue weighted by Crippen LogP contribution is 2.53. The predicted molar refractivity (Wildman–Crippen MR) is 70.4 cm³/mol. The van der Waals surface area contributed by atoms with E-state index in [4.69, 9.17) is 0 Å². The molecule has 0 aromatic heterocycles. The smallest absolute Gasteiger partial charge is 0.304 e. The Kier molecular flexibility index (Phi) is 3.08. The second-order valence-corrected chi connectivity index (χ2v) is 6.31. The zero-order valence-electron chi connectivity index (χ0n) is 10.9. The Morgan fingerprint density at radius 1 is 1.21 bits per heavy atom. The van der Waals surface area contributed by atoms with E-state index in [0.29, 0.717) is 11.8 Å². The minimum Gasteiger partial charge on any atom is -0.481 e. The average molecular weight is 262 g/mol. The van der Waals surface area contributed by atoms with Crippen LogP contribution < -0.4 is 0 Å². The first-order valence-corrected chi connectivity index (χ1v) is 7.05. The van der Waals surface area contributed by atoms with E-state index < -0.39 is 5.97 Å². The summed E-state index contributed by atoms with van der Waals surface area (Å²) in [6.07, 6.45) is 5.78. The van der Waals surface area contributed by atoms with Gasteiger partial charge in [-0.25, -0.2) is 4.39 Å². The molecule has 0 aliphatic heterocycles. The van der Waals surface area contributed by atoms with Crippen molar-refractivity contribution in [3.8, 4) is 0 Å². The van der Waals surface area contributed by atoms with Gasteiger partial charge in [0, 0.05) is 5.41 Å². The van der Waals surface area contributed by atoms with Crippen molar-refractivity contribution >= 4 is 5.97 Å². The van der Waals surface area contributed by atoms with Crippen molar-refractivity contribution in [3.63, 3.8) is 0 Å². The van der Waals surface area contributed by atoms with Crippen LogP contribution in [-0.4, -0.2) is 11.1 Å². The van der Waals surface area contributed by atoms with Crippen LogP contribution >= 0.6 is 0 Å². The molecule has 2 aliphatic carbocycles. The Labute approximate surface area is 112 Å². The first-order valence-electron chi connectivity index (χ1n) is 7.05. The zero-order chi connectivity index (χ0) is 13.5. The van der Waals surface area contributed by atoms with Gasteiger partial charge in [0.15, 0.2) is 0 Å². The third-order valence-corrected chi connectivity index (χ3v) is 4.95. The SMILES string of the molecule is O=C(O)CC1(c2ccc(F)cc2)CC2CCC(C2)C1. The molecule has 0 spiro atoms. The number of carboxylic acid groups (broad SMARTS) is 1. The van der Waals surface area contributed by atoms with Crippen molar-refractivity contribution in [2.75, 3.05) is 0 Å². The summed E-state index contributed by atoms with van der Waals surface area (Å²) in [5.41, 5.74) is 0.733. The number of hydrogen-bond acceptors (Lipinski definition) is 1. The quantitative estimate of drug-likeness (QED) is 0.900. The summed E-state index contributed by atoms with van der Waals surface area (Å²) in [6.45, 7) is 0. The monoisotopic (exact) mass is 262 g/mol. The first kappa shape index (κ1) is 12.6. The summed E-state index contributed by atoms with van der Waals surface area (Å²) in [4.78, 5) is 11.3. The Hall–Kier alpha value is -1.38. The fourth-order valence-corrected chi connectivity index (χ4v) is 4.31. The van der Waals surface area contributed by atoms with Crippen LogP contribution in [0.3, 0.4) is 0 Å². The number of hydrogen-bond donors (Lipinski definition) is 1. The van der Waals surface area contributed by atoms with Crippen LogP contribution in [0.5, 0.6) is 0 Å². The third-order valence-electron chi connectivity index (χ3n) is 4.95. The Morgan fingerprint density at radius 3 is 2.32 bits per heavy atom. The standard InChI is InChI=1S/C16H19FO2/c17-14-5-3-13(4-6-14)16(10-15(18)19)8-11-1-2-12(7-11)9-16/h3-6,11-12H,1-2,7-10H2,(H,18,19). The molecule has 0 saturated heterocycles. The Balaban J connectivity index is 1.96. The van der Waals surface area contributed by atoms with Crippen molar-refractivity contribution in [1.29, 1.82) is 0 Å². The van der Waals surface area contributed by atoms with E-state index in [0.717, 1.165) is 18.4 Å². The van der Waals surface area contributed by atoms with Crippen molar-refractivity contribution < 1.29 is 14.3 Å². The van der Waals surface area contributed by atoms with Gasteiger partial charge in [-0.1, -0.05) is 25.0 Å². The fourth-order valence-electron chi connectivity index (χ4n) is 4.31. The molecule has 1 aromatic rings. The lowest BCUT2D eigenvalue weighted by Gasteiger charge is -2.40. The Morgan fingerprint density at radius 2 is 1.79 bits per heavy atom. The maximum Gasteiger partial charge on any atom is 0.304 e. The van der Waals surface area contributed by atoms with Crippen LogP contribution in [0.2, 0.25) is 0 Å². The summed E-state index contributed by atoms with van der Waals surface area (Å²) in [5.74, 6) is 0.310. The molecule has 1 aromatic carbocycles. The number of carboxylic acids is 1. The molecule has 2 aliphatic rings. The average Bonchev–Trinajstić information content (AvgIpc) is 2.69. The van der Waals surface area contributed by atoms with Crippen molar-refractivity contribution in [2.45, 2.75) is 43.9 Å². The van der Waals surface area contributed by atoms with E-state index in [1.54, 1.807) is 12.1 Å². The molecule has 3 rings (SSSR count). The predicted octanol–water partition coefficient (Wildman–Crippen LogP) is 3.75. The number of benzene rings is 1. The molecule has 19 heavy (non-hydrogen) atoms. The van der Waals surface area contributed by atoms with Gasteiger partial charge in [-0.2, -0.15) is 0 Å². The van der Waals surface area contributed by atoms with E-state index in [1.165, 1.54) is 31.4 Å². The molecule has 2 saturated carbocycles. The Bertz CT molecular complexity index is 468. The van der Waals surface area contributed by atoms with Gasteiger partial charge in [0.1, 0.15) is 5.82 Å². The van der Waals surface area contributed by atoms with Crippen LogP contribution in [0.1, 0.15) is 44.1 Å². The molecule has 0 radical (unpaired) electrons. The van der Waals surface area contributed by atoms with E-state index in [1.807, 2.05) is 0 Å². The molecule has 2 nitrogen and oxygen atoms in total. The van der Waals surface area contributed by atoms with Gasteiger partial charge in [-0.15, -0.1) is 0 Å². The van der Waals surface area contributed by atoms with E-state index in [2.05, 4.69) is 0 Å². The van der Waals surface area contributed by atoms with E-state index >= 15 is 0 Å². The summed E-state index contributed by atoms with van der Waals surface area (Å²) in [7, 11) is 0. The van der Waals surface area contributed by atoms with Crippen LogP contribution in [0.15, 0.2) is 24.3 Å². The maximum absolute atomic E-state index is 13.1. The largest absolute Gasteiger partial charge is 0.481 e. The van der Waals surface area contributed by atoms with Crippen LogP contribution in [0.4, 0.5) is 4.39 Å². The minimum absolute atomic E-state index is 0.172. The van der Waals surface area contributed by atoms with Gasteiger partial charge in [-0.3, -0.25) is 4.79 Å². The van der Waals surface area contributed by atoms with Crippen LogP contribution in [0.25, 0.3) is 0 Å². The molecule has 0 amide bonds. The lowest BCUT2D eigenvalue weighted by Crippen LogP contribution is -2.36. The highest BCUT2D eigenvalue weighted by Gasteiger charge is 2.45. The van der Waals surface area contributed by atoms with Crippen LogP contribution in [-0.2, 0) is 10.2 Å². The fraction of sp³-hybridized carbons (Fsp3) is 0.562. The van der Waals surface area contributed by atoms with Gasteiger partial charge in [-0.05, 0) is 48.8 Å². The summed E-state index contributed by atoms with van der Waals surface area (Å²) < 4.78 is 13.1. The minimum atomic E-state index is -0.745. The molecule has 2 bridgehead atoms. The van der Waals surface area contributed by atoms with Gasteiger partial charge in [0.25, 0.3) is 0 Å². The van der Waals surface area contributed by atoms with Crippen molar-refractivity contribution in [1.82, 2.24) is 0 Å².